The quantitative estimate of drug-likeness (QED) is 0.168. The van der Waals surface area contributed by atoms with Gasteiger partial charge in [0.2, 0.25) is 5.95 Å². The van der Waals surface area contributed by atoms with Crippen LogP contribution in [0.2, 0.25) is 0 Å². The molecule has 288 valence electrons. The number of amides is 1. The largest absolute Gasteiger partial charge is 0.495 e. The fourth-order valence-corrected chi connectivity index (χ4v) is 9.37. The van der Waals surface area contributed by atoms with Gasteiger partial charge < -0.3 is 34.2 Å². The molecule has 1 saturated carbocycles. The lowest BCUT2D eigenvalue weighted by atomic mass is 9.78. The zero-order valence-corrected chi connectivity index (χ0v) is 31.9. The van der Waals surface area contributed by atoms with E-state index in [9.17, 15) is 22.5 Å². The van der Waals surface area contributed by atoms with Crippen molar-refractivity contribution in [2.24, 2.45) is 0 Å². The Labute approximate surface area is 308 Å². The molecule has 2 N–H and O–H groups in total. The molecule has 1 saturated heterocycles. The van der Waals surface area contributed by atoms with Gasteiger partial charge in [-0.3, -0.25) is 14.3 Å². The Morgan fingerprint density at radius 1 is 0.943 bits per heavy atom. The zero-order chi connectivity index (χ0) is 37.9. The van der Waals surface area contributed by atoms with Crippen LogP contribution in [0.25, 0.3) is 0 Å². The molecule has 3 aliphatic rings. The van der Waals surface area contributed by atoms with Gasteiger partial charge in [-0.25, -0.2) is 4.98 Å². The molecule has 1 amide bonds. The van der Waals surface area contributed by atoms with Crippen molar-refractivity contribution in [3.63, 3.8) is 0 Å². The summed E-state index contributed by atoms with van der Waals surface area (Å²) in [4.78, 5) is 28.3. The summed E-state index contributed by atoms with van der Waals surface area (Å²) >= 11 is 0. The Morgan fingerprint density at radius 2 is 1.62 bits per heavy atom. The summed E-state index contributed by atoms with van der Waals surface area (Å²) in [7, 11) is 1.91. The number of alkyl halides is 3. The molecule has 0 unspecified atom stereocenters. The molecule has 6 rings (SSSR count). The Hall–Kier alpha value is -3.75. The Kier molecular flexibility index (Phi) is 12.0. The predicted molar refractivity (Wildman–Crippen MR) is 197 cm³/mol. The van der Waals surface area contributed by atoms with E-state index in [2.05, 4.69) is 37.4 Å². The number of likely N-dealkylation sites (N-methyl/N-ethyl adjacent to an activating group) is 1. The number of nitrogens with zero attached hydrogens (tertiary/aromatic N) is 5. The third-order valence-electron chi connectivity index (χ3n) is 10.4. The normalized spacial score (nSPS) is 20.1. The maximum Gasteiger partial charge on any atom is 0.421 e. The number of ether oxygens (including phenoxy) is 1. The molecule has 0 bridgehead atoms. The summed E-state index contributed by atoms with van der Waals surface area (Å²) in [6.07, 6.45) is 0.0834. The number of hydrogen-bond acceptors (Lipinski definition) is 11. The summed E-state index contributed by atoms with van der Waals surface area (Å²) in [6.45, 7) is 8.58. The molecule has 2 aliphatic heterocycles. The van der Waals surface area contributed by atoms with Crippen molar-refractivity contribution in [2.45, 2.75) is 70.4 Å². The molecule has 2 fully saturated rings. The van der Waals surface area contributed by atoms with E-state index in [0.717, 1.165) is 63.0 Å². The second kappa shape index (κ2) is 16.3. The van der Waals surface area contributed by atoms with Crippen molar-refractivity contribution in [3.8, 4) is 5.75 Å². The molecule has 0 spiro atoms. The molecule has 3 heterocycles. The maximum atomic E-state index is 14.3. The Morgan fingerprint density at radius 3 is 2.26 bits per heavy atom. The maximum absolute atomic E-state index is 14.3. The molecule has 16 heteroatoms. The molecular weight excluding hydrogens is 710 g/mol. The van der Waals surface area contributed by atoms with Gasteiger partial charge in [0.25, 0.3) is 5.91 Å². The van der Waals surface area contributed by atoms with Crippen LogP contribution in [0.3, 0.4) is 0 Å². The molecule has 3 aromatic rings. The van der Waals surface area contributed by atoms with Crippen molar-refractivity contribution in [1.29, 1.82) is 0 Å². The first-order valence-corrected chi connectivity index (χ1v) is 19.9. The first-order chi connectivity index (χ1) is 25.3. The van der Waals surface area contributed by atoms with E-state index < -0.39 is 25.2 Å². The van der Waals surface area contributed by atoms with Crippen molar-refractivity contribution in [2.75, 3.05) is 71.2 Å². The summed E-state index contributed by atoms with van der Waals surface area (Å²) in [5.41, 5.74) is 2.49. The van der Waals surface area contributed by atoms with Crippen molar-refractivity contribution in [3.05, 3.63) is 64.3 Å². The van der Waals surface area contributed by atoms with E-state index in [4.69, 9.17) is 13.8 Å². The first kappa shape index (κ1) is 39.0. The molecule has 1 aromatic heterocycles. The van der Waals surface area contributed by atoms with Crippen LogP contribution in [0.15, 0.2) is 36.5 Å². The van der Waals surface area contributed by atoms with Crippen LogP contribution in [-0.2, 0) is 32.5 Å². The van der Waals surface area contributed by atoms with Gasteiger partial charge in [-0.1, -0.05) is 12.1 Å². The van der Waals surface area contributed by atoms with Crippen molar-refractivity contribution in [1.82, 2.24) is 24.7 Å². The molecule has 53 heavy (non-hydrogen) atoms. The van der Waals surface area contributed by atoms with Gasteiger partial charge in [-0.15, -0.1) is 0 Å². The summed E-state index contributed by atoms with van der Waals surface area (Å²) in [5, 5.41) is 5.82. The number of aromatic nitrogens is 2. The zero-order valence-electron chi connectivity index (χ0n) is 31.0. The van der Waals surface area contributed by atoms with Gasteiger partial charge in [0.05, 0.1) is 43.4 Å². The number of fused-ring (bicyclic) bond motifs is 1. The summed E-state index contributed by atoms with van der Waals surface area (Å²) in [5.74, 6) is -0.285. The lowest BCUT2D eigenvalue weighted by molar-refractivity contribution is -0.137. The van der Waals surface area contributed by atoms with Crippen LogP contribution in [0.1, 0.15) is 78.1 Å². The number of rotatable bonds is 13. The van der Waals surface area contributed by atoms with Crippen LogP contribution in [0, 0.1) is 0 Å². The van der Waals surface area contributed by atoms with E-state index in [1.165, 1.54) is 7.11 Å². The molecule has 2 aromatic carbocycles. The summed E-state index contributed by atoms with van der Waals surface area (Å²) < 4.78 is 72.5. The number of carbonyl (C=O) groups is 1. The van der Waals surface area contributed by atoms with Crippen molar-refractivity contribution < 1.29 is 36.3 Å². The molecule has 0 atom stereocenters. The Bertz CT molecular complexity index is 1820. The highest BCUT2D eigenvalue weighted by Gasteiger charge is 2.38. The SMILES string of the molecule is CCOP(=O)(Cc1ccc(Nc2ncc(C(F)(F)F)c(Nc3ccc([C@H]4CC[C@@H](N5CCN(C)CC5)CC4)c4c3C(=O)N(C)C4)n2)c(OC)c1)OCC. The fourth-order valence-electron chi connectivity index (χ4n) is 7.68. The second-order valence-electron chi connectivity index (χ2n) is 13.9. The number of nitrogens with one attached hydrogen (secondary N) is 2. The minimum Gasteiger partial charge on any atom is -0.495 e. The third kappa shape index (κ3) is 8.81. The lowest BCUT2D eigenvalue weighted by Gasteiger charge is -2.41. The van der Waals surface area contributed by atoms with Crippen LogP contribution >= 0.6 is 7.60 Å². The molecular formula is C37H49F3N7O5P. The Balaban J connectivity index is 1.25. The smallest absolute Gasteiger partial charge is 0.421 e. The van der Waals surface area contributed by atoms with Gasteiger partial charge in [0, 0.05) is 52.0 Å². The second-order valence-corrected chi connectivity index (χ2v) is 16.0. The number of carbonyl (C=O) groups excluding carboxylic acids is 1. The first-order valence-electron chi connectivity index (χ1n) is 18.2. The molecule has 12 nitrogen and oxygen atoms in total. The number of halogens is 3. The van der Waals surface area contributed by atoms with Crippen LogP contribution in [0.4, 0.5) is 36.3 Å². The van der Waals surface area contributed by atoms with Gasteiger partial charge >= 0.3 is 13.8 Å². The van der Waals surface area contributed by atoms with E-state index in [0.29, 0.717) is 41.3 Å². The number of hydrogen-bond donors (Lipinski definition) is 2. The monoisotopic (exact) mass is 759 g/mol. The molecule has 1 aliphatic carbocycles. The highest BCUT2D eigenvalue weighted by Crippen LogP contribution is 2.52. The summed E-state index contributed by atoms with van der Waals surface area (Å²) in [6, 6.07) is 9.18. The highest BCUT2D eigenvalue weighted by molar-refractivity contribution is 7.53. The van der Waals surface area contributed by atoms with E-state index in [1.807, 2.05) is 6.07 Å². The van der Waals surface area contributed by atoms with Gasteiger partial charge in [0.1, 0.15) is 17.1 Å². The van der Waals surface area contributed by atoms with Crippen LogP contribution < -0.4 is 15.4 Å². The highest BCUT2D eigenvalue weighted by atomic mass is 31.2. The average Bonchev–Trinajstić information content (AvgIpc) is 3.43. The topological polar surface area (TPSA) is 121 Å². The average molecular weight is 760 g/mol. The van der Waals surface area contributed by atoms with E-state index in [-0.39, 0.29) is 42.8 Å². The number of methoxy groups -OCH3 is 1. The standard InChI is InChI=1S/C37H49F3N7O5P/c1-6-51-53(49,52-7-2)23-24-8-14-30(32(20-24)50-5)43-36-41-21-29(37(38,39)40)34(44-36)42-31-15-13-27(28-22-46(4)35(48)33(28)31)25-9-11-26(12-10-25)47-18-16-45(3)17-19-47/h8,13-15,20-21,25-26H,6-7,9-12,16-19,22-23H2,1-5H3,(H2,41,42,43,44)/t25-,26+. The number of benzene rings is 2. The number of piperazine rings is 1. The third-order valence-corrected chi connectivity index (χ3v) is 12.4. The minimum absolute atomic E-state index is 0.00502. The fraction of sp³-hybridized carbons (Fsp3) is 0.541. The lowest BCUT2D eigenvalue weighted by Crippen LogP contribution is -2.49. The van der Waals surface area contributed by atoms with E-state index >= 15 is 0 Å². The van der Waals surface area contributed by atoms with E-state index in [1.54, 1.807) is 50.1 Å². The molecule has 0 radical (unpaired) electrons. The van der Waals surface area contributed by atoms with Gasteiger partial charge in [-0.05, 0) is 87.4 Å². The van der Waals surface area contributed by atoms with Gasteiger partial charge in [-0.2, -0.15) is 18.2 Å². The van der Waals surface area contributed by atoms with Gasteiger partial charge in [0.15, 0.2) is 0 Å². The minimum atomic E-state index is -4.78. The van der Waals surface area contributed by atoms with Crippen LogP contribution in [-0.4, -0.2) is 97.2 Å². The van der Waals surface area contributed by atoms with Crippen molar-refractivity contribution >= 4 is 36.6 Å². The van der Waals surface area contributed by atoms with Crippen LogP contribution in [0.5, 0.6) is 5.75 Å². The number of anilines is 4. The predicted octanol–water partition coefficient (Wildman–Crippen LogP) is 7.62.